The first kappa shape index (κ1) is 15.2. The van der Waals surface area contributed by atoms with Crippen LogP contribution in [-0.4, -0.2) is 16.0 Å². The Hall–Kier alpha value is -2.67. The maximum atomic E-state index is 12.3. The van der Waals surface area contributed by atoms with Crippen molar-refractivity contribution in [3.8, 4) is 0 Å². The average Bonchev–Trinajstić information content (AvgIpc) is 2.95. The summed E-state index contributed by atoms with van der Waals surface area (Å²) in [5.41, 5.74) is 1.68. The van der Waals surface area contributed by atoms with Crippen LogP contribution in [0.25, 0.3) is 0 Å². The van der Waals surface area contributed by atoms with Crippen LogP contribution >= 0.6 is 15.9 Å². The van der Waals surface area contributed by atoms with Crippen LogP contribution in [0.5, 0.6) is 0 Å². The van der Waals surface area contributed by atoms with Crippen molar-refractivity contribution in [3.05, 3.63) is 64.6 Å². The number of carbonyl (C=O) groups is 1. The number of halogens is 1. The fraction of sp³-hybridized carbons (Fsp3) is 0.0625. The highest BCUT2D eigenvalue weighted by atomic mass is 79.9. The van der Waals surface area contributed by atoms with E-state index < -0.39 is 0 Å². The summed E-state index contributed by atoms with van der Waals surface area (Å²) in [6.45, 7) is 1.81. The molecule has 0 aliphatic rings. The number of hydrogen-bond donors (Lipinski definition) is 2. The number of anilines is 3. The molecule has 0 spiro atoms. The maximum Gasteiger partial charge on any atom is 0.274 e. The Balaban J connectivity index is 1.76. The SMILES string of the molecule is Cc1cc(Nc2ccnc(C(=O)Nc3ccccc3Br)c2)no1. The van der Waals surface area contributed by atoms with E-state index in [9.17, 15) is 4.79 Å². The summed E-state index contributed by atoms with van der Waals surface area (Å²) >= 11 is 3.39. The van der Waals surface area contributed by atoms with Crippen LogP contribution in [0.1, 0.15) is 16.2 Å². The number of nitrogens with one attached hydrogen (secondary N) is 2. The summed E-state index contributed by atoms with van der Waals surface area (Å²) in [5.74, 6) is 0.983. The van der Waals surface area contributed by atoms with Gasteiger partial charge in [0.1, 0.15) is 11.5 Å². The van der Waals surface area contributed by atoms with Crippen molar-refractivity contribution in [2.75, 3.05) is 10.6 Å². The summed E-state index contributed by atoms with van der Waals surface area (Å²) in [6, 6.07) is 12.5. The van der Waals surface area contributed by atoms with Crippen molar-refractivity contribution in [3.63, 3.8) is 0 Å². The standard InChI is InChI=1S/C16H13BrN4O2/c1-10-8-15(21-23-10)19-11-6-7-18-14(9-11)16(22)20-13-5-3-2-4-12(13)17/h2-9H,1H3,(H,20,22)(H,18,19,21). The summed E-state index contributed by atoms with van der Waals surface area (Å²) in [7, 11) is 0. The Morgan fingerprint density at radius 2 is 2.04 bits per heavy atom. The Bertz CT molecular complexity index is 847. The number of hydrogen-bond acceptors (Lipinski definition) is 5. The van der Waals surface area contributed by atoms with Crippen molar-refractivity contribution >= 4 is 39.0 Å². The third-order valence-electron chi connectivity index (χ3n) is 3.02. The number of benzene rings is 1. The predicted molar refractivity (Wildman–Crippen MR) is 90.9 cm³/mol. The van der Waals surface area contributed by atoms with E-state index in [0.717, 1.165) is 4.47 Å². The van der Waals surface area contributed by atoms with E-state index in [0.29, 0.717) is 28.6 Å². The molecule has 0 saturated heterocycles. The number of aryl methyl sites for hydroxylation is 1. The van der Waals surface area contributed by atoms with Gasteiger partial charge in [0.25, 0.3) is 5.91 Å². The summed E-state index contributed by atoms with van der Waals surface area (Å²) in [6.07, 6.45) is 1.56. The van der Waals surface area contributed by atoms with Crippen molar-refractivity contribution < 1.29 is 9.32 Å². The molecule has 0 unspecified atom stereocenters. The van der Waals surface area contributed by atoms with Gasteiger partial charge in [-0.05, 0) is 47.1 Å². The molecule has 0 radical (unpaired) electrons. The molecule has 116 valence electrons. The molecule has 1 aromatic carbocycles. The highest BCUT2D eigenvalue weighted by Crippen LogP contribution is 2.22. The van der Waals surface area contributed by atoms with Crippen LogP contribution in [-0.2, 0) is 0 Å². The zero-order valence-electron chi connectivity index (χ0n) is 12.2. The molecular weight excluding hydrogens is 360 g/mol. The smallest absolute Gasteiger partial charge is 0.274 e. The minimum Gasteiger partial charge on any atom is -0.360 e. The molecule has 3 aromatic rings. The van der Waals surface area contributed by atoms with Crippen LogP contribution in [0, 0.1) is 6.92 Å². The number of nitrogens with zero attached hydrogens (tertiary/aromatic N) is 2. The van der Waals surface area contributed by atoms with Gasteiger partial charge >= 0.3 is 0 Å². The maximum absolute atomic E-state index is 12.3. The van der Waals surface area contributed by atoms with Gasteiger partial charge in [-0.25, -0.2) is 0 Å². The molecule has 2 N–H and O–H groups in total. The molecule has 0 aliphatic heterocycles. The summed E-state index contributed by atoms with van der Waals surface area (Å²) in [4.78, 5) is 16.4. The molecule has 6 nitrogen and oxygen atoms in total. The predicted octanol–water partition coefficient (Wildman–Crippen LogP) is 4.14. The van der Waals surface area contributed by atoms with Crippen LogP contribution in [0.2, 0.25) is 0 Å². The van der Waals surface area contributed by atoms with Gasteiger partial charge in [-0.15, -0.1) is 0 Å². The molecule has 0 bridgehead atoms. The van der Waals surface area contributed by atoms with Crippen LogP contribution in [0.4, 0.5) is 17.2 Å². The van der Waals surface area contributed by atoms with Crippen molar-refractivity contribution in [2.24, 2.45) is 0 Å². The van der Waals surface area contributed by atoms with E-state index in [1.807, 2.05) is 24.3 Å². The fourth-order valence-corrected chi connectivity index (χ4v) is 2.34. The van der Waals surface area contributed by atoms with E-state index in [4.69, 9.17) is 4.52 Å². The van der Waals surface area contributed by atoms with Crippen molar-refractivity contribution in [2.45, 2.75) is 6.92 Å². The number of pyridine rings is 1. The number of para-hydroxylation sites is 1. The largest absolute Gasteiger partial charge is 0.360 e. The number of rotatable bonds is 4. The lowest BCUT2D eigenvalue weighted by molar-refractivity contribution is 0.102. The van der Waals surface area contributed by atoms with Crippen LogP contribution in [0.15, 0.2) is 57.7 Å². The monoisotopic (exact) mass is 372 g/mol. The second kappa shape index (κ2) is 6.62. The second-order valence-electron chi connectivity index (χ2n) is 4.81. The zero-order chi connectivity index (χ0) is 16.2. The molecule has 0 aliphatic carbocycles. The van der Waals surface area contributed by atoms with Gasteiger partial charge in [0.15, 0.2) is 5.82 Å². The van der Waals surface area contributed by atoms with Gasteiger partial charge in [0.05, 0.1) is 5.69 Å². The van der Waals surface area contributed by atoms with E-state index in [1.54, 1.807) is 31.3 Å². The normalized spacial score (nSPS) is 10.3. The van der Waals surface area contributed by atoms with Gasteiger partial charge < -0.3 is 15.2 Å². The topological polar surface area (TPSA) is 80.0 Å². The van der Waals surface area contributed by atoms with Gasteiger partial charge in [0, 0.05) is 22.4 Å². The minimum absolute atomic E-state index is 0.295. The molecule has 7 heteroatoms. The molecule has 0 atom stereocenters. The fourth-order valence-electron chi connectivity index (χ4n) is 1.95. The molecular formula is C16H13BrN4O2. The van der Waals surface area contributed by atoms with Gasteiger partial charge in [-0.2, -0.15) is 0 Å². The van der Waals surface area contributed by atoms with Crippen LogP contribution < -0.4 is 10.6 Å². The first-order valence-corrected chi connectivity index (χ1v) is 7.63. The lowest BCUT2D eigenvalue weighted by Crippen LogP contribution is -2.14. The van der Waals surface area contributed by atoms with Crippen LogP contribution in [0.3, 0.4) is 0 Å². The van der Waals surface area contributed by atoms with Gasteiger partial charge in [0.2, 0.25) is 0 Å². The third-order valence-corrected chi connectivity index (χ3v) is 3.71. The minimum atomic E-state index is -0.295. The average molecular weight is 373 g/mol. The number of amides is 1. The lowest BCUT2D eigenvalue weighted by atomic mass is 10.2. The summed E-state index contributed by atoms with van der Waals surface area (Å²) < 4.78 is 5.80. The quantitative estimate of drug-likeness (QED) is 0.719. The van der Waals surface area contributed by atoms with E-state index in [-0.39, 0.29) is 5.91 Å². The molecule has 2 aromatic heterocycles. The van der Waals surface area contributed by atoms with E-state index >= 15 is 0 Å². The first-order valence-electron chi connectivity index (χ1n) is 6.84. The van der Waals surface area contributed by atoms with Gasteiger partial charge in [-0.3, -0.25) is 9.78 Å². The lowest BCUT2D eigenvalue weighted by Gasteiger charge is -2.08. The Morgan fingerprint density at radius 1 is 1.22 bits per heavy atom. The molecule has 2 heterocycles. The number of aromatic nitrogens is 2. The Morgan fingerprint density at radius 3 is 2.78 bits per heavy atom. The van der Waals surface area contributed by atoms with Gasteiger partial charge in [-0.1, -0.05) is 17.3 Å². The highest BCUT2D eigenvalue weighted by molar-refractivity contribution is 9.10. The van der Waals surface area contributed by atoms with E-state index in [2.05, 4.69) is 36.7 Å². The first-order chi connectivity index (χ1) is 11.1. The Labute approximate surface area is 141 Å². The number of carbonyl (C=O) groups excluding carboxylic acids is 1. The van der Waals surface area contributed by atoms with E-state index in [1.165, 1.54) is 0 Å². The highest BCUT2D eigenvalue weighted by Gasteiger charge is 2.10. The summed E-state index contributed by atoms with van der Waals surface area (Å²) in [5, 5.41) is 9.72. The third kappa shape index (κ3) is 3.75. The zero-order valence-corrected chi connectivity index (χ0v) is 13.8. The van der Waals surface area contributed by atoms with Crippen molar-refractivity contribution in [1.29, 1.82) is 0 Å². The molecule has 0 fully saturated rings. The second-order valence-corrected chi connectivity index (χ2v) is 5.67. The van der Waals surface area contributed by atoms with Crippen molar-refractivity contribution in [1.82, 2.24) is 10.1 Å². The molecule has 1 amide bonds. The molecule has 3 rings (SSSR count). The molecule has 23 heavy (non-hydrogen) atoms. The Kier molecular flexibility index (Phi) is 4.38. The molecule has 0 saturated carbocycles.